The minimum atomic E-state index is -1.73. The lowest BCUT2D eigenvalue weighted by molar-refractivity contribution is -0.277. The van der Waals surface area contributed by atoms with E-state index >= 15 is 4.79 Å². The predicted octanol–water partition coefficient (Wildman–Crippen LogP) is 7.19. The number of unbranched alkanes of at least 4 members (excludes halogenated alkanes) is 1. The summed E-state index contributed by atoms with van der Waals surface area (Å²) >= 11 is 0. The second kappa shape index (κ2) is 19.3. The molecule has 1 saturated carbocycles. The summed E-state index contributed by atoms with van der Waals surface area (Å²) in [4.78, 5) is 58.4. The molecular formula is C55H66O15. The highest BCUT2D eigenvalue weighted by molar-refractivity contribution is 6.19. The van der Waals surface area contributed by atoms with Crippen LogP contribution >= 0.6 is 0 Å². The van der Waals surface area contributed by atoms with Crippen LogP contribution in [-0.2, 0) is 30.2 Å². The van der Waals surface area contributed by atoms with Gasteiger partial charge in [-0.05, 0) is 124 Å². The van der Waals surface area contributed by atoms with Crippen LogP contribution in [0.4, 0.5) is 0 Å². The van der Waals surface area contributed by atoms with Crippen molar-refractivity contribution < 1.29 is 72.8 Å². The number of ether oxygens (including phenoxy) is 7. The molecule has 376 valence electrons. The molecule has 9 rings (SSSR count). The van der Waals surface area contributed by atoms with Gasteiger partial charge in [0.25, 0.3) is 0 Å². The third-order valence-corrected chi connectivity index (χ3v) is 14.6. The van der Waals surface area contributed by atoms with E-state index in [0.29, 0.717) is 48.1 Å². The van der Waals surface area contributed by atoms with Crippen molar-refractivity contribution in [3.63, 3.8) is 0 Å². The SMILES string of the molecule is CCCCOC(=O)C(C)=CCC12OC(C)(C)C3CC(C=C4C(=O)c5c(OC(=O)c6ccc(O[C@@H]7O[C@H](CO)[C@@H](O)[C@@H](O)[C@H]7O)cc6)c6c(c(CC=C(C)C)c5OC431)OC(C)(CCC=C(C)C)C=C6)C2=O. The molecule has 4 heterocycles. The summed E-state index contributed by atoms with van der Waals surface area (Å²) in [6.07, 6.45) is 7.02. The van der Waals surface area contributed by atoms with Crippen molar-refractivity contribution in [1.29, 1.82) is 0 Å². The Morgan fingerprint density at radius 3 is 2.29 bits per heavy atom. The van der Waals surface area contributed by atoms with Crippen LogP contribution in [0.25, 0.3) is 6.08 Å². The van der Waals surface area contributed by atoms with Gasteiger partial charge in [0.05, 0.1) is 29.9 Å². The lowest BCUT2D eigenvalue weighted by Crippen LogP contribution is -2.72. The van der Waals surface area contributed by atoms with Gasteiger partial charge in [0.15, 0.2) is 28.5 Å². The molecule has 0 radical (unpaired) electrons. The van der Waals surface area contributed by atoms with Crippen molar-refractivity contribution in [2.24, 2.45) is 11.8 Å². The fourth-order valence-corrected chi connectivity index (χ4v) is 10.8. The summed E-state index contributed by atoms with van der Waals surface area (Å²) in [6, 6.07) is 5.66. The number of rotatable bonds is 16. The standard InChI is InChI=1S/C55H66O15/c1-10-11-25-64-49(62)31(6)20-24-54-48(61)33-26-37-41(57)40-46(67-50(63)32-15-17-34(18-16-32)65-51-44(60)43(59)42(58)38(28-56)66-51)36-21-23-53(9,22-12-13-29(2)3)68-45(36)35(19-14-30(4)5)47(40)69-55(37,54)39(27-33)52(7,8)70-54/h13-18,20-21,23,26,33,38-39,42-44,51,56,58-60H,10-12,19,22,24-25,27-28H2,1-9H3/t33?,38-,39?,42-,43-,44-,51-,53?,54?,55?/m1/s1. The number of aliphatic hydroxyl groups excluding tert-OH is 4. The van der Waals surface area contributed by atoms with Crippen molar-refractivity contribution in [2.45, 2.75) is 160 Å². The maximum atomic E-state index is 15.8. The highest BCUT2D eigenvalue weighted by Crippen LogP contribution is 2.69. The number of hydrogen-bond donors (Lipinski definition) is 4. The number of carbonyl (C=O) groups excluding carboxylic acids is 4. The van der Waals surface area contributed by atoms with Gasteiger partial charge in [-0.3, -0.25) is 9.59 Å². The number of allylic oxidation sites excluding steroid dienone is 5. The molecule has 2 aromatic carbocycles. The number of hydrogen-bond acceptors (Lipinski definition) is 15. The summed E-state index contributed by atoms with van der Waals surface area (Å²) in [5.74, 6) is -2.82. The van der Waals surface area contributed by atoms with Crippen LogP contribution in [0.3, 0.4) is 0 Å². The summed E-state index contributed by atoms with van der Waals surface area (Å²) in [5.41, 5.74) is -1.63. The Bertz CT molecular complexity index is 2590. The van der Waals surface area contributed by atoms with Crippen LogP contribution in [0, 0.1) is 11.8 Å². The molecule has 0 amide bonds. The Morgan fingerprint density at radius 2 is 1.61 bits per heavy atom. The Hall–Kier alpha value is -5.42. The lowest BCUT2D eigenvalue weighted by atomic mass is 9.51. The van der Waals surface area contributed by atoms with Crippen LogP contribution < -0.4 is 18.9 Å². The van der Waals surface area contributed by atoms with Gasteiger partial charge in [0.1, 0.15) is 52.8 Å². The molecule has 1 spiro atoms. The molecule has 4 bridgehead atoms. The predicted molar refractivity (Wildman–Crippen MR) is 257 cm³/mol. The van der Waals surface area contributed by atoms with Crippen LogP contribution in [0.1, 0.15) is 133 Å². The lowest BCUT2D eigenvalue weighted by Gasteiger charge is -2.56. The van der Waals surface area contributed by atoms with Crippen LogP contribution in [0.15, 0.2) is 76.9 Å². The van der Waals surface area contributed by atoms with Crippen LogP contribution in [0.5, 0.6) is 23.0 Å². The van der Waals surface area contributed by atoms with E-state index in [1.165, 1.54) is 24.3 Å². The molecular weight excluding hydrogens is 901 g/mol. The molecule has 70 heavy (non-hydrogen) atoms. The van der Waals surface area contributed by atoms with Gasteiger partial charge in [0, 0.05) is 35.0 Å². The quantitative estimate of drug-likeness (QED) is 0.0431. The molecule has 3 aliphatic carbocycles. The number of aliphatic hydroxyl groups is 4. The number of fused-ring (bicyclic) bond motifs is 2. The van der Waals surface area contributed by atoms with Crippen LogP contribution in [0.2, 0.25) is 0 Å². The monoisotopic (exact) mass is 966 g/mol. The average molecular weight is 967 g/mol. The third kappa shape index (κ3) is 8.76. The van der Waals surface area contributed by atoms with Crippen molar-refractivity contribution in [2.75, 3.05) is 13.2 Å². The minimum absolute atomic E-state index is 0.0105. The fraction of sp³-hybridized carbons (Fsp3) is 0.527. The van der Waals surface area contributed by atoms with E-state index in [2.05, 4.69) is 6.08 Å². The number of carbonyl (C=O) groups is 4. The zero-order valence-electron chi connectivity index (χ0n) is 41.5. The summed E-state index contributed by atoms with van der Waals surface area (Å²) in [6.45, 7) is 17.0. The third-order valence-electron chi connectivity index (χ3n) is 14.6. The molecule has 3 fully saturated rings. The van der Waals surface area contributed by atoms with Gasteiger partial charge >= 0.3 is 11.9 Å². The van der Waals surface area contributed by atoms with E-state index in [1.807, 2.05) is 73.6 Å². The number of ketones is 2. The van der Waals surface area contributed by atoms with E-state index in [0.717, 1.165) is 17.6 Å². The maximum absolute atomic E-state index is 15.8. The number of Topliss-reactive ketones (excluding diaryl/α,β-unsaturated/α-hetero) is 2. The van der Waals surface area contributed by atoms with Gasteiger partial charge in [-0.1, -0.05) is 48.8 Å². The molecule has 2 saturated heterocycles. The van der Waals surface area contributed by atoms with Crippen LogP contribution in [-0.4, -0.2) is 110 Å². The fourth-order valence-electron chi connectivity index (χ4n) is 10.8. The normalized spacial score (nSPS) is 31.0. The second-order valence-corrected chi connectivity index (χ2v) is 20.7. The van der Waals surface area contributed by atoms with Crippen molar-refractivity contribution in [1.82, 2.24) is 0 Å². The van der Waals surface area contributed by atoms with Crippen molar-refractivity contribution in [3.05, 3.63) is 99.2 Å². The van der Waals surface area contributed by atoms with E-state index in [1.54, 1.807) is 19.1 Å². The molecule has 0 aromatic heterocycles. The van der Waals surface area contributed by atoms with Gasteiger partial charge < -0.3 is 53.6 Å². The smallest absolute Gasteiger partial charge is 0.343 e. The largest absolute Gasteiger partial charge is 0.482 e. The molecule has 15 nitrogen and oxygen atoms in total. The first-order valence-corrected chi connectivity index (χ1v) is 24.3. The first kappa shape index (κ1) is 51.0. The molecule has 15 heteroatoms. The zero-order valence-corrected chi connectivity index (χ0v) is 41.5. The molecule has 4 aliphatic heterocycles. The molecule has 2 aromatic rings. The Morgan fingerprint density at radius 1 is 0.900 bits per heavy atom. The zero-order chi connectivity index (χ0) is 50.7. The summed E-state index contributed by atoms with van der Waals surface area (Å²) in [5, 5.41) is 40.7. The van der Waals surface area contributed by atoms with E-state index < -0.39 is 89.3 Å². The summed E-state index contributed by atoms with van der Waals surface area (Å²) < 4.78 is 44.7. The van der Waals surface area contributed by atoms with Gasteiger partial charge in [-0.15, -0.1) is 0 Å². The Balaban J connectivity index is 1.25. The Kier molecular flexibility index (Phi) is 14.0. The molecule has 4 N–H and O–H groups in total. The number of esters is 2. The molecule has 10 atom stereocenters. The molecule has 7 aliphatic rings. The van der Waals surface area contributed by atoms with E-state index in [-0.39, 0.29) is 59.2 Å². The average Bonchev–Trinajstić information content (AvgIpc) is 3.47. The highest BCUT2D eigenvalue weighted by atomic mass is 16.7. The number of benzene rings is 2. The van der Waals surface area contributed by atoms with Gasteiger partial charge in [0.2, 0.25) is 6.29 Å². The Labute approximate surface area is 408 Å². The van der Waals surface area contributed by atoms with Crippen molar-refractivity contribution in [3.8, 4) is 23.0 Å². The minimum Gasteiger partial charge on any atom is -0.482 e. The van der Waals surface area contributed by atoms with Crippen molar-refractivity contribution >= 4 is 29.6 Å². The maximum Gasteiger partial charge on any atom is 0.343 e. The topological polar surface area (TPSA) is 214 Å². The van der Waals surface area contributed by atoms with E-state index in [4.69, 9.17) is 33.2 Å². The van der Waals surface area contributed by atoms with E-state index in [9.17, 15) is 34.8 Å². The second-order valence-electron chi connectivity index (χ2n) is 20.7. The highest BCUT2D eigenvalue weighted by Gasteiger charge is 2.81. The first-order valence-electron chi connectivity index (χ1n) is 24.3. The first-order chi connectivity index (χ1) is 33.1. The van der Waals surface area contributed by atoms with Gasteiger partial charge in [-0.25, -0.2) is 9.59 Å². The molecule has 5 unspecified atom stereocenters. The van der Waals surface area contributed by atoms with Gasteiger partial charge in [-0.2, -0.15) is 0 Å². The summed E-state index contributed by atoms with van der Waals surface area (Å²) in [7, 11) is 0.